The lowest BCUT2D eigenvalue weighted by Crippen LogP contribution is -2.30. The normalized spacial score (nSPS) is 17.9. The van der Waals surface area contributed by atoms with Crippen molar-refractivity contribution < 1.29 is 14.3 Å². The van der Waals surface area contributed by atoms with Crippen LogP contribution in [0.15, 0.2) is 42.1 Å². The van der Waals surface area contributed by atoms with Gasteiger partial charge in [-0.15, -0.1) is 0 Å². The van der Waals surface area contributed by atoms with E-state index < -0.39 is 0 Å². The van der Waals surface area contributed by atoms with Gasteiger partial charge in [0.05, 0.1) is 23.9 Å². The first kappa shape index (κ1) is 17.8. The van der Waals surface area contributed by atoms with Crippen molar-refractivity contribution in [2.24, 2.45) is 0 Å². The molecular weight excluding hydrogens is 384 g/mol. The molecule has 0 bridgehead atoms. The molecule has 7 heteroatoms. The molecule has 2 heterocycles. The lowest BCUT2D eigenvalue weighted by atomic mass is 10.1. The highest BCUT2D eigenvalue weighted by molar-refractivity contribution is 7.80. The number of nitrogens with zero attached hydrogens (tertiary/aromatic N) is 1. The van der Waals surface area contributed by atoms with Crippen LogP contribution in [0.2, 0.25) is 5.02 Å². The summed E-state index contributed by atoms with van der Waals surface area (Å²) < 4.78 is 11.3. The maximum Gasteiger partial charge on any atom is 0.281 e. The van der Waals surface area contributed by atoms with Crippen molar-refractivity contribution >= 4 is 46.6 Å². The van der Waals surface area contributed by atoms with Crippen molar-refractivity contribution in [3.63, 3.8) is 0 Å². The van der Waals surface area contributed by atoms with E-state index in [4.69, 9.17) is 33.3 Å². The number of para-hydroxylation sites is 1. The highest BCUT2D eigenvalue weighted by atomic mass is 35.5. The number of ether oxygens (including phenoxy) is 2. The number of amides is 1. The Kier molecular flexibility index (Phi) is 4.76. The fourth-order valence-corrected chi connectivity index (χ4v) is 3.63. The van der Waals surface area contributed by atoms with Crippen LogP contribution in [-0.2, 0) is 4.79 Å². The Labute approximate surface area is 167 Å². The Morgan fingerprint density at radius 2 is 2.00 bits per heavy atom. The number of carbonyl (C=O) groups is 1. The van der Waals surface area contributed by atoms with Crippen molar-refractivity contribution in [1.29, 1.82) is 0 Å². The third-order valence-electron chi connectivity index (χ3n) is 4.37. The minimum atomic E-state index is -0.211. The number of fused-ring (bicyclic) bond motifs is 1. The van der Waals surface area contributed by atoms with Crippen molar-refractivity contribution in [3.8, 4) is 11.5 Å². The summed E-state index contributed by atoms with van der Waals surface area (Å²) in [4.78, 5) is 14.4. The molecule has 1 amide bonds. The van der Waals surface area contributed by atoms with Crippen LogP contribution in [-0.4, -0.2) is 24.2 Å². The predicted octanol–water partition coefficient (Wildman–Crippen LogP) is 4.07. The van der Waals surface area contributed by atoms with Crippen LogP contribution in [0.5, 0.6) is 11.5 Å². The summed E-state index contributed by atoms with van der Waals surface area (Å²) in [5, 5.41) is 3.79. The number of halogens is 1. The number of carbonyl (C=O) groups excluding carboxylic acids is 1. The largest absolute Gasteiger partial charge is 0.489 e. The highest BCUT2D eigenvalue weighted by Gasteiger charge is 2.32. The third kappa shape index (κ3) is 3.38. The van der Waals surface area contributed by atoms with Gasteiger partial charge in [0.25, 0.3) is 5.91 Å². The second kappa shape index (κ2) is 7.21. The summed E-state index contributed by atoms with van der Waals surface area (Å²) in [6, 6.07) is 11.2. The van der Waals surface area contributed by atoms with Gasteiger partial charge in [-0.3, -0.25) is 9.69 Å². The van der Waals surface area contributed by atoms with Gasteiger partial charge in [0.2, 0.25) is 0 Å². The average Bonchev–Trinajstić information content (AvgIpc) is 2.80. The minimum absolute atomic E-state index is 0.211. The Bertz CT molecular complexity index is 974. The summed E-state index contributed by atoms with van der Waals surface area (Å²) in [6.07, 6.45) is 2.51. The number of anilines is 1. The predicted molar refractivity (Wildman–Crippen MR) is 109 cm³/mol. The Balaban J connectivity index is 1.68. The molecule has 2 aliphatic heterocycles. The molecule has 27 heavy (non-hydrogen) atoms. The molecule has 0 spiro atoms. The molecule has 0 aromatic heterocycles. The molecule has 0 atom stereocenters. The zero-order chi connectivity index (χ0) is 19.0. The van der Waals surface area contributed by atoms with E-state index in [1.807, 2.05) is 37.3 Å². The first-order valence-electron chi connectivity index (χ1n) is 8.56. The summed E-state index contributed by atoms with van der Waals surface area (Å²) >= 11 is 11.7. The molecule has 0 radical (unpaired) electrons. The van der Waals surface area contributed by atoms with Crippen LogP contribution >= 0.6 is 23.8 Å². The lowest BCUT2D eigenvalue weighted by molar-refractivity contribution is -0.113. The first-order chi connectivity index (χ1) is 13.0. The molecule has 1 saturated heterocycles. The minimum Gasteiger partial charge on any atom is -0.489 e. The van der Waals surface area contributed by atoms with Gasteiger partial charge >= 0.3 is 0 Å². The second-order valence-electron chi connectivity index (χ2n) is 6.30. The molecular formula is C20H17ClN2O3S. The molecule has 1 N–H and O–H groups in total. The molecule has 0 saturated carbocycles. The molecule has 2 aromatic rings. The molecule has 1 fully saturated rings. The van der Waals surface area contributed by atoms with E-state index in [1.54, 1.807) is 12.1 Å². The van der Waals surface area contributed by atoms with Gasteiger partial charge in [0.15, 0.2) is 16.6 Å². The van der Waals surface area contributed by atoms with Crippen molar-refractivity contribution in [1.82, 2.24) is 5.32 Å². The zero-order valence-corrected chi connectivity index (χ0v) is 16.2. The summed E-state index contributed by atoms with van der Waals surface area (Å²) in [5.41, 5.74) is 2.85. The van der Waals surface area contributed by atoms with Crippen LogP contribution < -0.4 is 19.7 Å². The molecule has 0 aliphatic carbocycles. The van der Waals surface area contributed by atoms with Crippen molar-refractivity contribution in [3.05, 3.63) is 58.2 Å². The van der Waals surface area contributed by atoms with Gasteiger partial charge in [0, 0.05) is 6.42 Å². The number of hydrogen-bond donors (Lipinski definition) is 1. The van der Waals surface area contributed by atoms with Crippen LogP contribution in [0.4, 0.5) is 5.69 Å². The quantitative estimate of drug-likeness (QED) is 0.608. The van der Waals surface area contributed by atoms with E-state index in [0.29, 0.717) is 40.5 Å². The van der Waals surface area contributed by atoms with Gasteiger partial charge in [-0.25, -0.2) is 0 Å². The Morgan fingerprint density at radius 1 is 1.22 bits per heavy atom. The van der Waals surface area contributed by atoms with Gasteiger partial charge in [-0.05, 0) is 54.5 Å². The van der Waals surface area contributed by atoms with E-state index in [-0.39, 0.29) is 5.91 Å². The van der Waals surface area contributed by atoms with Crippen molar-refractivity contribution in [2.45, 2.75) is 13.3 Å². The summed E-state index contributed by atoms with van der Waals surface area (Å²) in [5.74, 6) is 0.909. The summed E-state index contributed by atoms with van der Waals surface area (Å²) in [6.45, 7) is 3.06. The maximum atomic E-state index is 12.9. The Hall–Kier alpha value is -2.57. The van der Waals surface area contributed by atoms with Crippen LogP contribution in [0.3, 0.4) is 0 Å². The van der Waals surface area contributed by atoms with E-state index in [0.717, 1.165) is 23.2 Å². The third-order valence-corrected chi connectivity index (χ3v) is 4.94. The smallest absolute Gasteiger partial charge is 0.281 e. The number of hydrogen-bond acceptors (Lipinski definition) is 4. The van der Waals surface area contributed by atoms with E-state index in [2.05, 4.69) is 5.32 Å². The van der Waals surface area contributed by atoms with E-state index >= 15 is 0 Å². The van der Waals surface area contributed by atoms with Gasteiger partial charge in [-0.1, -0.05) is 29.8 Å². The number of thiocarbonyl (C=S) groups is 1. The van der Waals surface area contributed by atoms with Gasteiger partial charge in [0.1, 0.15) is 5.70 Å². The van der Waals surface area contributed by atoms with Crippen molar-refractivity contribution in [2.75, 3.05) is 18.1 Å². The number of aryl methyl sites for hydroxylation is 1. The monoisotopic (exact) mass is 400 g/mol. The van der Waals surface area contributed by atoms with Crippen LogP contribution in [0.25, 0.3) is 6.08 Å². The molecule has 138 valence electrons. The SMILES string of the molecule is Cc1ccccc1N1C(=O)/C(=C/c2cc(Cl)c3c(c2)OCCCO3)NC1=S. The Morgan fingerprint density at radius 3 is 2.81 bits per heavy atom. The highest BCUT2D eigenvalue weighted by Crippen LogP contribution is 2.38. The second-order valence-corrected chi connectivity index (χ2v) is 7.09. The first-order valence-corrected chi connectivity index (χ1v) is 9.35. The molecule has 4 rings (SSSR count). The fraction of sp³-hybridized carbons (Fsp3) is 0.200. The summed E-state index contributed by atoms with van der Waals surface area (Å²) in [7, 11) is 0. The average molecular weight is 401 g/mol. The molecule has 5 nitrogen and oxygen atoms in total. The van der Waals surface area contributed by atoms with Gasteiger partial charge < -0.3 is 14.8 Å². The molecule has 2 aromatic carbocycles. The number of benzene rings is 2. The zero-order valence-electron chi connectivity index (χ0n) is 14.6. The standard InChI is InChI=1S/C20H17ClN2O3S/c1-12-5-2-3-6-16(12)23-19(24)15(22-20(23)27)10-13-9-14(21)18-17(11-13)25-7-4-8-26-18/h2-3,5-6,9-11H,4,7-8H2,1H3,(H,22,27)/b15-10-. The van der Waals surface area contributed by atoms with E-state index in [1.165, 1.54) is 4.90 Å². The topological polar surface area (TPSA) is 50.8 Å². The van der Waals surface area contributed by atoms with Gasteiger partial charge in [-0.2, -0.15) is 0 Å². The fourth-order valence-electron chi connectivity index (χ4n) is 3.07. The molecule has 0 unspecified atom stereocenters. The molecule has 2 aliphatic rings. The number of rotatable bonds is 2. The van der Waals surface area contributed by atoms with Crippen LogP contribution in [0, 0.1) is 6.92 Å². The lowest BCUT2D eigenvalue weighted by Gasteiger charge is -2.16. The number of nitrogens with one attached hydrogen (secondary N) is 1. The van der Waals surface area contributed by atoms with E-state index in [9.17, 15) is 4.79 Å². The maximum absolute atomic E-state index is 12.9. The van der Waals surface area contributed by atoms with Crippen LogP contribution in [0.1, 0.15) is 17.5 Å².